The predicted octanol–water partition coefficient (Wildman–Crippen LogP) is 3.07. The fourth-order valence-corrected chi connectivity index (χ4v) is 3.03. The standard InChI is InChI=1S/C13H14N4S/c1-3-17-12-9(5-4-6-15-12)16-13(17)11-10(14)8(2)7-18-11/h4-7H,3,14H2,1-2H3. The lowest BCUT2D eigenvalue weighted by molar-refractivity contribution is 0.789. The Bertz CT molecular complexity index is 711. The Morgan fingerprint density at radius 3 is 2.94 bits per heavy atom. The van der Waals surface area contributed by atoms with Gasteiger partial charge in [0.15, 0.2) is 11.5 Å². The second-order valence-electron chi connectivity index (χ2n) is 4.19. The van der Waals surface area contributed by atoms with Crippen LogP contribution in [0.1, 0.15) is 12.5 Å². The minimum Gasteiger partial charge on any atom is -0.397 e. The zero-order chi connectivity index (χ0) is 12.7. The molecule has 0 spiro atoms. The van der Waals surface area contributed by atoms with E-state index in [-0.39, 0.29) is 0 Å². The van der Waals surface area contributed by atoms with Crippen molar-refractivity contribution in [2.75, 3.05) is 5.73 Å². The second kappa shape index (κ2) is 4.10. The molecule has 3 rings (SSSR count). The highest BCUT2D eigenvalue weighted by Crippen LogP contribution is 2.35. The molecule has 5 heteroatoms. The number of pyridine rings is 1. The van der Waals surface area contributed by atoms with Crippen molar-refractivity contribution in [1.29, 1.82) is 0 Å². The Morgan fingerprint density at radius 2 is 2.28 bits per heavy atom. The molecule has 0 aliphatic rings. The number of aromatic nitrogens is 3. The molecule has 0 amide bonds. The lowest BCUT2D eigenvalue weighted by Gasteiger charge is -2.04. The molecule has 0 aliphatic heterocycles. The Morgan fingerprint density at radius 1 is 1.44 bits per heavy atom. The van der Waals surface area contributed by atoms with E-state index in [1.165, 1.54) is 0 Å². The van der Waals surface area contributed by atoms with E-state index in [1.54, 1.807) is 17.5 Å². The summed E-state index contributed by atoms with van der Waals surface area (Å²) in [6.45, 7) is 4.95. The molecule has 0 unspecified atom stereocenters. The predicted molar refractivity (Wildman–Crippen MR) is 75.7 cm³/mol. The normalized spacial score (nSPS) is 11.2. The van der Waals surface area contributed by atoms with Crippen LogP contribution in [0.25, 0.3) is 21.9 Å². The molecule has 0 aromatic carbocycles. The van der Waals surface area contributed by atoms with E-state index in [2.05, 4.69) is 26.8 Å². The highest BCUT2D eigenvalue weighted by atomic mass is 32.1. The molecule has 0 fully saturated rings. The summed E-state index contributed by atoms with van der Waals surface area (Å²) in [6.07, 6.45) is 1.79. The number of nitrogens with two attached hydrogens (primary N) is 1. The van der Waals surface area contributed by atoms with Crippen molar-refractivity contribution in [3.05, 3.63) is 29.3 Å². The number of nitrogens with zero attached hydrogens (tertiary/aromatic N) is 3. The van der Waals surface area contributed by atoms with Crippen molar-refractivity contribution in [1.82, 2.24) is 14.5 Å². The van der Waals surface area contributed by atoms with Crippen LogP contribution in [-0.4, -0.2) is 14.5 Å². The number of rotatable bonds is 2. The molecule has 3 heterocycles. The number of thiophene rings is 1. The summed E-state index contributed by atoms with van der Waals surface area (Å²) in [5, 5.41) is 2.07. The molecule has 92 valence electrons. The maximum Gasteiger partial charge on any atom is 0.160 e. The number of fused-ring (bicyclic) bond motifs is 1. The molecule has 4 nitrogen and oxygen atoms in total. The lowest BCUT2D eigenvalue weighted by Crippen LogP contribution is -1.99. The second-order valence-corrected chi connectivity index (χ2v) is 5.07. The van der Waals surface area contributed by atoms with Crippen molar-refractivity contribution < 1.29 is 0 Å². The van der Waals surface area contributed by atoms with Crippen LogP contribution < -0.4 is 5.73 Å². The Labute approximate surface area is 109 Å². The minimum absolute atomic E-state index is 0.824. The van der Waals surface area contributed by atoms with E-state index in [0.29, 0.717) is 0 Å². The zero-order valence-corrected chi connectivity index (χ0v) is 11.2. The summed E-state index contributed by atoms with van der Waals surface area (Å²) in [4.78, 5) is 10.1. The van der Waals surface area contributed by atoms with Gasteiger partial charge in [-0.25, -0.2) is 9.97 Å². The molecule has 0 radical (unpaired) electrons. The zero-order valence-electron chi connectivity index (χ0n) is 10.3. The highest BCUT2D eigenvalue weighted by molar-refractivity contribution is 7.14. The molecule has 0 bridgehead atoms. The fourth-order valence-electron chi connectivity index (χ4n) is 2.06. The van der Waals surface area contributed by atoms with Crippen LogP contribution in [0.15, 0.2) is 23.7 Å². The smallest absolute Gasteiger partial charge is 0.160 e. The summed E-state index contributed by atoms with van der Waals surface area (Å²) in [5.41, 5.74) is 9.88. The van der Waals surface area contributed by atoms with Crippen LogP contribution in [0.2, 0.25) is 0 Å². The van der Waals surface area contributed by atoms with E-state index in [9.17, 15) is 0 Å². The average Bonchev–Trinajstić information content (AvgIpc) is 2.91. The fraction of sp³-hybridized carbons (Fsp3) is 0.231. The molecular weight excluding hydrogens is 244 g/mol. The number of anilines is 1. The first-order valence-corrected chi connectivity index (χ1v) is 6.75. The maximum absolute atomic E-state index is 6.12. The van der Waals surface area contributed by atoms with Gasteiger partial charge in [0.2, 0.25) is 0 Å². The largest absolute Gasteiger partial charge is 0.397 e. The molecule has 0 saturated carbocycles. The monoisotopic (exact) mass is 258 g/mol. The van der Waals surface area contributed by atoms with Crippen LogP contribution in [0, 0.1) is 6.92 Å². The van der Waals surface area contributed by atoms with Crippen molar-refractivity contribution in [3.8, 4) is 10.7 Å². The topological polar surface area (TPSA) is 56.7 Å². The van der Waals surface area contributed by atoms with E-state index in [1.807, 2.05) is 19.1 Å². The summed E-state index contributed by atoms with van der Waals surface area (Å²) in [5.74, 6) is 0.918. The van der Waals surface area contributed by atoms with Gasteiger partial charge >= 0.3 is 0 Å². The first kappa shape index (κ1) is 11.2. The first-order valence-electron chi connectivity index (χ1n) is 5.87. The summed E-state index contributed by atoms with van der Waals surface area (Å²) < 4.78 is 2.11. The number of nitrogen functional groups attached to an aromatic ring is 1. The summed E-state index contributed by atoms with van der Waals surface area (Å²) in [6, 6.07) is 3.89. The lowest BCUT2D eigenvalue weighted by atomic mass is 10.3. The van der Waals surface area contributed by atoms with Crippen LogP contribution in [0.5, 0.6) is 0 Å². The van der Waals surface area contributed by atoms with Gasteiger partial charge in [-0.2, -0.15) is 0 Å². The molecule has 0 saturated heterocycles. The number of aryl methyl sites for hydroxylation is 2. The molecule has 0 aliphatic carbocycles. The SMILES string of the molecule is CCn1c(-c2scc(C)c2N)nc2cccnc21. The van der Waals surface area contributed by atoms with E-state index >= 15 is 0 Å². The molecule has 18 heavy (non-hydrogen) atoms. The average molecular weight is 258 g/mol. The van der Waals surface area contributed by atoms with Gasteiger partial charge in [-0.1, -0.05) is 0 Å². The van der Waals surface area contributed by atoms with Gasteiger partial charge in [0.1, 0.15) is 5.52 Å². The molecule has 3 aromatic heterocycles. The van der Waals surface area contributed by atoms with Gasteiger partial charge in [0.05, 0.1) is 10.6 Å². The van der Waals surface area contributed by atoms with E-state index < -0.39 is 0 Å². The highest BCUT2D eigenvalue weighted by Gasteiger charge is 2.16. The van der Waals surface area contributed by atoms with Gasteiger partial charge < -0.3 is 10.3 Å². The number of hydrogen-bond donors (Lipinski definition) is 1. The van der Waals surface area contributed by atoms with E-state index in [0.717, 1.165) is 39.7 Å². The van der Waals surface area contributed by atoms with Crippen molar-refractivity contribution in [2.45, 2.75) is 20.4 Å². The first-order chi connectivity index (χ1) is 8.72. The Hall–Kier alpha value is -1.88. The van der Waals surface area contributed by atoms with Crippen molar-refractivity contribution in [2.24, 2.45) is 0 Å². The van der Waals surface area contributed by atoms with Crippen LogP contribution in [0.4, 0.5) is 5.69 Å². The van der Waals surface area contributed by atoms with E-state index in [4.69, 9.17) is 5.73 Å². The Balaban J connectivity index is 2.32. The van der Waals surface area contributed by atoms with Crippen LogP contribution >= 0.6 is 11.3 Å². The van der Waals surface area contributed by atoms with Gasteiger partial charge in [-0.05, 0) is 36.9 Å². The third-order valence-electron chi connectivity index (χ3n) is 3.05. The summed E-state index contributed by atoms with van der Waals surface area (Å²) in [7, 11) is 0. The van der Waals surface area contributed by atoms with Gasteiger partial charge in [-0.3, -0.25) is 0 Å². The van der Waals surface area contributed by atoms with Gasteiger partial charge in [0, 0.05) is 12.7 Å². The number of imidazole rings is 1. The van der Waals surface area contributed by atoms with Crippen molar-refractivity contribution >= 4 is 28.2 Å². The molecule has 2 N–H and O–H groups in total. The molecule has 0 atom stereocenters. The van der Waals surface area contributed by atoms with Gasteiger partial charge in [0.25, 0.3) is 0 Å². The summed E-state index contributed by atoms with van der Waals surface area (Å²) >= 11 is 1.64. The minimum atomic E-state index is 0.824. The third-order valence-corrected chi connectivity index (χ3v) is 4.16. The van der Waals surface area contributed by atoms with Crippen molar-refractivity contribution in [3.63, 3.8) is 0 Å². The molecular formula is C13H14N4S. The number of hydrogen-bond acceptors (Lipinski definition) is 4. The van der Waals surface area contributed by atoms with Crippen LogP contribution in [0.3, 0.4) is 0 Å². The quantitative estimate of drug-likeness (QED) is 0.768. The van der Waals surface area contributed by atoms with Crippen LogP contribution in [-0.2, 0) is 6.54 Å². The Kier molecular flexibility index (Phi) is 2.56. The maximum atomic E-state index is 6.12. The van der Waals surface area contributed by atoms with Gasteiger partial charge in [-0.15, -0.1) is 11.3 Å². The molecule has 3 aromatic rings. The third kappa shape index (κ3) is 1.51.